The molecular weight excluding hydrogens is 274 g/mol. The van der Waals surface area contributed by atoms with Gasteiger partial charge >= 0.3 is 5.97 Å². The van der Waals surface area contributed by atoms with Crippen LogP contribution in [-0.2, 0) is 9.59 Å². The van der Waals surface area contributed by atoms with Crippen LogP contribution in [0.2, 0.25) is 0 Å². The maximum Gasteiger partial charge on any atom is 0.326 e. The molecule has 0 spiro atoms. The van der Waals surface area contributed by atoms with Gasteiger partial charge in [0.25, 0.3) is 5.91 Å². The van der Waals surface area contributed by atoms with E-state index in [0.29, 0.717) is 5.56 Å². The summed E-state index contributed by atoms with van der Waals surface area (Å²) in [6.45, 7) is 0. The average Bonchev–Trinajstić information content (AvgIpc) is 2.42. The Bertz CT molecular complexity index is 526. The lowest BCUT2D eigenvalue weighted by atomic mass is 10.1. The molecule has 7 heteroatoms. The van der Waals surface area contributed by atoms with Gasteiger partial charge in [-0.15, -0.1) is 0 Å². The standard InChI is InChI=1S/C14H19N3O4/c1-17(2)10-5-3-9(4-6-10)13(19)16-11(14(20)21)7-8-12(15)18/h3-6,11H,7-8H2,1-2H3,(H2,15,18)(H,16,19)(H,20,21)/t11-/m0/s1. The molecule has 1 rings (SSSR count). The summed E-state index contributed by atoms with van der Waals surface area (Å²) >= 11 is 0. The van der Waals surface area contributed by atoms with Crippen LogP contribution in [0.4, 0.5) is 5.69 Å². The number of anilines is 1. The van der Waals surface area contributed by atoms with Crippen LogP contribution >= 0.6 is 0 Å². The second kappa shape index (κ2) is 7.28. The van der Waals surface area contributed by atoms with Gasteiger partial charge in [0.15, 0.2) is 0 Å². The van der Waals surface area contributed by atoms with Crippen LogP contribution in [0, 0.1) is 0 Å². The van der Waals surface area contributed by atoms with Crippen molar-refractivity contribution in [3.05, 3.63) is 29.8 Å². The van der Waals surface area contributed by atoms with Crippen molar-refractivity contribution in [3.63, 3.8) is 0 Å². The van der Waals surface area contributed by atoms with Crippen LogP contribution in [-0.4, -0.2) is 43.0 Å². The molecule has 21 heavy (non-hydrogen) atoms. The Morgan fingerprint density at radius 1 is 1.24 bits per heavy atom. The average molecular weight is 293 g/mol. The van der Waals surface area contributed by atoms with E-state index < -0.39 is 23.8 Å². The fraction of sp³-hybridized carbons (Fsp3) is 0.357. The van der Waals surface area contributed by atoms with Gasteiger partial charge in [0, 0.05) is 31.8 Å². The van der Waals surface area contributed by atoms with E-state index in [0.717, 1.165) is 5.69 Å². The summed E-state index contributed by atoms with van der Waals surface area (Å²) in [6, 6.07) is 5.59. The highest BCUT2D eigenvalue weighted by atomic mass is 16.4. The van der Waals surface area contributed by atoms with E-state index in [2.05, 4.69) is 5.32 Å². The molecule has 0 heterocycles. The topological polar surface area (TPSA) is 113 Å². The Morgan fingerprint density at radius 3 is 2.24 bits per heavy atom. The molecule has 0 fully saturated rings. The lowest BCUT2D eigenvalue weighted by Gasteiger charge is -2.15. The second-order valence-electron chi connectivity index (χ2n) is 4.81. The van der Waals surface area contributed by atoms with Gasteiger partial charge in [-0.25, -0.2) is 4.79 Å². The Morgan fingerprint density at radius 2 is 1.81 bits per heavy atom. The number of nitrogens with zero attached hydrogens (tertiary/aromatic N) is 1. The maximum atomic E-state index is 12.0. The molecule has 1 atom stereocenters. The first-order chi connectivity index (χ1) is 9.81. The zero-order valence-electron chi connectivity index (χ0n) is 12.0. The summed E-state index contributed by atoms with van der Waals surface area (Å²) in [5, 5.41) is 11.4. The maximum absolute atomic E-state index is 12.0. The van der Waals surface area contributed by atoms with Crippen LogP contribution in [0.3, 0.4) is 0 Å². The van der Waals surface area contributed by atoms with Gasteiger partial charge < -0.3 is 21.1 Å². The van der Waals surface area contributed by atoms with E-state index in [4.69, 9.17) is 10.8 Å². The predicted molar refractivity (Wildman–Crippen MR) is 78.1 cm³/mol. The van der Waals surface area contributed by atoms with E-state index >= 15 is 0 Å². The fourth-order valence-corrected chi connectivity index (χ4v) is 1.70. The number of carbonyl (C=O) groups is 3. The first-order valence-electron chi connectivity index (χ1n) is 6.40. The third-order valence-electron chi connectivity index (χ3n) is 2.93. The fourth-order valence-electron chi connectivity index (χ4n) is 1.70. The van der Waals surface area contributed by atoms with Gasteiger partial charge in [0.2, 0.25) is 5.91 Å². The Hall–Kier alpha value is -2.57. The first kappa shape index (κ1) is 16.5. The Labute approximate surface area is 122 Å². The van der Waals surface area contributed by atoms with Crippen LogP contribution in [0.25, 0.3) is 0 Å². The van der Waals surface area contributed by atoms with Crippen molar-refractivity contribution < 1.29 is 19.5 Å². The van der Waals surface area contributed by atoms with Crippen LogP contribution in [0.1, 0.15) is 23.2 Å². The van der Waals surface area contributed by atoms with E-state index in [-0.39, 0.29) is 12.8 Å². The number of rotatable bonds is 7. The quantitative estimate of drug-likeness (QED) is 0.664. The molecule has 0 radical (unpaired) electrons. The van der Waals surface area contributed by atoms with Gasteiger partial charge in [-0.1, -0.05) is 0 Å². The SMILES string of the molecule is CN(C)c1ccc(C(=O)N[C@@H](CCC(N)=O)C(=O)O)cc1. The zero-order chi connectivity index (χ0) is 16.0. The molecule has 0 aliphatic rings. The second-order valence-corrected chi connectivity index (χ2v) is 4.81. The number of primary amides is 1. The molecule has 4 N–H and O–H groups in total. The minimum absolute atomic E-state index is 0.0355. The zero-order valence-corrected chi connectivity index (χ0v) is 12.0. The molecule has 0 saturated carbocycles. The van der Waals surface area contributed by atoms with Crippen molar-refractivity contribution >= 4 is 23.5 Å². The minimum Gasteiger partial charge on any atom is -0.480 e. The number of benzene rings is 1. The third kappa shape index (κ3) is 5.13. The number of carboxylic acid groups (broad SMARTS) is 1. The minimum atomic E-state index is -1.20. The van der Waals surface area contributed by atoms with Crippen LogP contribution < -0.4 is 16.0 Å². The highest BCUT2D eigenvalue weighted by Gasteiger charge is 2.21. The van der Waals surface area contributed by atoms with Crippen molar-refractivity contribution in [1.82, 2.24) is 5.32 Å². The molecule has 1 aromatic rings. The summed E-state index contributed by atoms with van der Waals surface area (Å²) < 4.78 is 0. The van der Waals surface area contributed by atoms with E-state index in [1.807, 2.05) is 19.0 Å². The molecule has 2 amide bonds. The number of nitrogens with two attached hydrogens (primary N) is 1. The molecule has 0 bridgehead atoms. The Balaban J connectivity index is 2.72. The van der Waals surface area contributed by atoms with Crippen LogP contribution in [0.5, 0.6) is 0 Å². The lowest BCUT2D eigenvalue weighted by Crippen LogP contribution is -2.41. The Kier molecular flexibility index (Phi) is 5.71. The van der Waals surface area contributed by atoms with Crippen LogP contribution in [0.15, 0.2) is 24.3 Å². The van der Waals surface area contributed by atoms with Crippen molar-refractivity contribution in [2.75, 3.05) is 19.0 Å². The van der Waals surface area contributed by atoms with Crippen molar-refractivity contribution in [2.45, 2.75) is 18.9 Å². The number of carbonyl (C=O) groups excluding carboxylic acids is 2. The smallest absolute Gasteiger partial charge is 0.326 e. The number of aliphatic carboxylic acids is 1. The number of nitrogens with one attached hydrogen (secondary N) is 1. The number of hydrogen-bond donors (Lipinski definition) is 3. The van der Waals surface area contributed by atoms with Gasteiger partial charge in [0.05, 0.1) is 0 Å². The molecule has 1 aromatic carbocycles. The summed E-state index contributed by atoms with van der Waals surface area (Å²) in [7, 11) is 3.75. The molecule has 114 valence electrons. The molecular formula is C14H19N3O4. The molecule has 0 aliphatic carbocycles. The summed E-state index contributed by atoms with van der Waals surface area (Å²) in [5.41, 5.74) is 6.26. The molecule has 0 unspecified atom stereocenters. The van der Waals surface area contributed by atoms with E-state index in [9.17, 15) is 14.4 Å². The summed E-state index contributed by atoms with van der Waals surface area (Å²) in [5.74, 6) is -2.31. The van der Waals surface area contributed by atoms with Gasteiger partial charge in [0.1, 0.15) is 6.04 Å². The van der Waals surface area contributed by atoms with E-state index in [1.54, 1.807) is 24.3 Å². The first-order valence-corrected chi connectivity index (χ1v) is 6.40. The molecule has 7 nitrogen and oxygen atoms in total. The molecule has 0 saturated heterocycles. The molecule has 0 aliphatic heterocycles. The van der Waals surface area contributed by atoms with Gasteiger partial charge in [-0.05, 0) is 30.7 Å². The molecule has 0 aromatic heterocycles. The van der Waals surface area contributed by atoms with Crippen molar-refractivity contribution in [3.8, 4) is 0 Å². The van der Waals surface area contributed by atoms with E-state index in [1.165, 1.54) is 0 Å². The third-order valence-corrected chi connectivity index (χ3v) is 2.93. The normalized spacial score (nSPS) is 11.5. The number of amides is 2. The highest BCUT2D eigenvalue weighted by Crippen LogP contribution is 2.12. The summed E-state index contributed by atoms with van der Waals surface area (Å²) in [6.07, 6.45) is -0.136. The van der Waals surface area contributed by atoms with Crippen molar-refractivity contribution in [1.29, 1.82) is 0 Å². The number of carboxylic acids is 1. The van der Waals surface area contributed by atoms with Gasteiger partial charge in [-0.2, -0.15) is 0 Å². The highest BCUT2D eigenvalue weighted by molar-refractivity contribution is 5.97. The monoisotopic (exact) mass is 293 g/mol. The van der Waals surface area contributed by atoms with Gasteiger partial charge in [-0.3, -0.25) is 9.59 Å². The lowest BCUT2D eigenvalue weighted by molar-refractivity contribution is -0.139. The summed E-state index contributed by atoms with van der Waals surface area (Å²) in [4.78, 5) is 35.6. The van der Waals surface area contributed by atoms with Crippen molar-refractivity contribution in [2.24, 2.45) is 5.73 Å². The largest absolute Gasteiger partial charge is 0.480 e. The predicted octanol–water partition coefficient (Wildman–Crippen LogP) is 0.201. The number of hydrogen-bond acceptors (Lipinski definition) is 4.